The van der Waals surface area contributed by atoms with E-state index in [1.165, 1.54) is 0 Å². The Hall–Kier alpha value is -2.67. The molecule has 0 bridgehead atoms. The number of aromatic nitrogens is 2. The Balaban J connectivity index is 1.57. The van der Waals surface area contributed by atoms with Crippen LogP contribution in [0.5, 0.6) is 0 Å². The van der Waals surface area contributed by atoms with E-state index in [1.54, 1.807) is 48.3 Å². The van der Waals surface area contributed by atoms with Crippen molar-refractivity contribution in [3.05, 3.63) is 42.7 Å². The van der Waals surface area contributed by atoms with E-state index in [4.69, 9.17) is 0 Å². The normalized spacial score (nSPS) is 17.9. The summed E-state index contributed by atoms with van der Waals surface area (Å²) in [6, 6.07) is 8.79. The van der Waals surface area contributed by atoms with Crippen LogP contribution >= 0.6 is 0 Å². The largest absolute Gasteiger partial charge is 0.326 e. The molecule has 132 valence electrons. The van der Waals surface area contributed by atoms with Gasteiger partial charge in [0.05, 0.1) is 0 Å². The Bertz CT molecular complexity index is 723. The third-order valence-electron chi connectivity index (χ3n) is 4.31. The summed E-state index contributed by atoms with van der Waals surface area (Å²) in [5.41, 5.74) is 1.31. The molecule has 1 aliphatic heterocycles. The number of nitrogens with zero attached hydrogens (tertiary/aromatic N) is 2. The van der Waals surface area contributed by atoms with Crippen molar-refractivity contribution in [1.82, 2.24) is 15.1 Å². The molecular formula is C18H23N5O2. The molecular weight excluding hydrogens is 318 g/mol. The number of benzene rings is 1. The quantitative estimate of drug-likeness (QED) is 0.751. The highest BCUT2D eigenvalue weighted by atomic mass is 16.2. The first-order valence-electron chi connectivity index (χ1n) is 8.55. The monoisotopic (exact) mass is 341 g/mol. The number of rotatable bonds is 6. The van der Waals surface area contributed by atoms with Gasteiger partial charge in [-0.1, -0.05) is 6.07 Å². The van der Waals surface area contributed by atoms with Crippen LogP contribution in [-0.2, 0) is 9.59 Å². The average Bonchev–Trinajstić information content (AvgIpc) is 3.27. The average molecular weight is 341 g/mol. The fourth-order valence-corrected chi connectivity index (χ4v) is 2.92. The van der Waals surface area contributed by atoms with Gasteiger partial charge in [-0.05, 0) is 50.6 Å². The van der Waals surface area contributed by atoms with Crippen molar-refractivity contribution >= 4 is 23.2 Å². The zero-order chi connectivity index (χ0) is 17.6. The Morgan fingerprint density at radius 1 is 1.32 bits per heavy atom. The first-order valence-corrected chi connectivity index (χ1v) is 8.55. The Morgan fingerprint density at radius 2 is 2.12 bits per heavy atom. The van der Waals surface area contributed by atoms with Crippen molar-refractivity contribution in [1.29, 1.82) is 0 Å². The lowest BCUT2D eigenvalue weighted by atomic mass is 10.1. The molecule has 0 aliphatic carbocycles. The SMILES string of the molecule is CC(C(=O)Nc1cccc(NC(=O)CC2CCCN2)c1)n1cccn1. The number of carbonyl (C=O) groups is 2. The van der Waals surface area contributed by atoms with E-state index in [-0.39, 0.29) is 17.9 Å². The van der Waals surface area contributed by atoms with Crippen molar-refractivity contribution in [2.45, 2.75) is 38.3 Å². The second kappa shape index (κ2) is 7.94. The summed E-state index contributed by atoms with van der Waals surface area (Å²) < 4.78 is 1.59. The van der Waals surface area contributed by atoms with E-state index in [9.17, 15) is 9.59 Å². The Kier molecular flexibility index (Phi) is 5.45. The maximum Gasteiger partial charge on any atom is 0.248 e. The van der Waals surface area contributed by atoms with Crippen molar-refractivity contribution in [2.75, 3.05) is 17.2 Å². The van der Waals surface area contributed by atoms with Crippen molar-refractivity contribution in [3.63, 3.8) is 0 Å². The van der Waals surface area contributed by atoms with Gasteiger partial charge in [-0.15, -0.1) is 0 Å². The molecule has 1 aromatic heterocycles. The molecule has 0 saturated carbocycles. The van der Waals surface area contributed by atoms with Gasteiger partial charge in [0.2, 0.25) is 11.8 Å². The molecule has 7 heteroatoms. The van der Waals surface area contributed by atoms with E-state index in [0.717, 1.165) is 19.4 Å². The summed E-state index contributed by atoms with van der Waals surface area (Å²) in [7, 11) is 0. The standard InChI is InChI=1S/C18H23N5O2/c1-13(23-10-4-9-20-23)18(25)22-16-6-2-5-15(11-16)21-17(24)12-14-7-3-8-19-14/h2,4-6,9-11,13-14,19H,3,7-8,12H2,1H3,(H,21,24)(H,22,25). The van der Waals surface area contributed by atoms with Gasteiger partial charge in [-0.25, -0.2) is 0 Å². The molecule has 2 atom stereocenters. The summed E-state index contributed by atoms with van der Waals surface area (Å²) in [5, 5.41) is 13.1. The van der Waals surface area contributed by atoms with Crippen molar-refractivity contribution < 1.29 is 9.59 Å². The highest BCUT2D eigenvalue weighted by Crippen LogP contribution is 2.18. The Labute approximate surface area is 146 Å². The molecule has 1 saturated heterocycles. The molecule has 1 aliphatic rings. The van der Waals surface area contributed by atoms with Crippen molar-refractivity contribution in [2.24, 2.45) is 0 Å². The van der Waals surface area contributed by atoms with Gasteiger partial charge in [-0.2, -0.15) is 5.10 Å². The first kappa shape index (κ1) is 17.2. The molecule has 0 spiro atoms. The second-order valence-corrected chi connectivity index (χ2v) is 6.28. The van der Waals surface area contributed by atoms with E-state index < -0.39 is 6.04 Å². The van der Waals surface area contributed by atoms with Gasteiger partial charge in [0.15, 0.2) is 0 Å². The minimum atomic E-state index is -0.415. The summed E-state index contributed by atoms with van der Waals surface area (Å²) in [4.78, 5) is 24.4. The van der Waals surface area contributed by atoms with Gasteiger partial charge in [0.1, 0.15) is 6.04 Å². The molecule has 0 radical (unpaired) electrons. The fraction of sp³-hybridized carbons (Fsp3) is 0.389. The van der Waals surface area contributed by atoms with Gasteiger partial charge in [0.25, 0.3) is 0 Å². The van der Waals surface area contributed by atoms with Crippen LogP contribution in [0.25, 0.3) is 0 Å². The van der Waals surface area contributed by atoms with Crippen molar-refractivity contribution in [3.8, 4) is 0 Å². The number of carbonyl (C=O) groups excluding carboxylic acids is 2. The predicted molar refractivity (Wildman–Crippen MR) is 96.3 cm³/mol. The molecule has 3 rings (SSSR count). The van der Waals surface area contributed by atoms with Crippen LogP contribution in [0.4, 0.5) is 11.4 Å². The third kappa shape index (κ3) is 4.67. The number of hydrogen-bond donors (Lipinski definition) is 3. The number of anilines is 2. The summed E-state index contributed by atoms with van der Waals surface area (Å²) in [6.45, 7) is 2.76. The van der Waals surface area contributed by atoms with E-state index in [2.05, 4.69) is 21.0 Å². The molecule has 7 nitrogen and oxygen atoms in total. The zero-order valence-corrected chi connectivity index (χ0v) is 14.2. The smallest absolute Gasteiger partial charge is 0.248 e. The number of nitrogens with one attached hydrogen (secondary N) is 3. The van der Waals surface area contributed by atoms with Crippen LogP contribution in [0.15, 0.2) is 42.7 Å². The topological polar surface area (TPSA) is 88.0 Å². The van der Waals surface area contributed by atoms with Crippen LogP contribution in [-0.4, -0.2) is 34.2 Å². The van der Waals surface area contributed by atoms with Crippen LogP contribution < -0.4 is 16.0 Å². The predicted octanol–water partition coefficient (Wildman–Crippen LogP) is 2.16. The Morgan fingerprint density at radius 3 is 2.80 bits per heavy atom. The van der Waals surface area contributed by atoms with Crippen LogP contribution in [0, 0.1) is 0 Å². The molecule has 3 N–H and O–H groups in total. The number of amides is 2. The van der Waals surface area contributed by atoms with Gasteiger partial charge < -0.3 is 16.0 Å². The molecule has 1 aromatic carbocycles. The van der Waals surface area contributed by atoms with Crippen LogP contribution in [0.3, 0.4) is 0 Å². The van der Waals surface area contributed by atoms with Gasteiger partial charge >= 0.3 is 0 Å². The molecule has 1 fully saturated rings. The first-order chi connectivity index (χ1) is 12.1. The summed E-state index contributed by atoms with van der Waals surface area (Å²) in [6.07, 6.45) is 6.01. The van der Waals surface area contributed by atoms with E-state index >= 15 is 0 Å². The lowest BCUT2D eigenvalue weighted by molar-refractivity contribution is -0.119. The molecule has 2 amide bonds. The molecule has 2 unspecified atom stereocenters. The third-order valence-corrected chi connectivity index (χ3v) is 4.31. The second-order valence-electron chi connectivity index (χ2n) is 6.28. The lowest BCUT2D eigenvalue weighted by Crippen LogP contribution is -2.27. The van der Waals surface area contributed by atoms with Crippen LogP contribution in [0.2, 0.25) is 0 Å². The summed E-state index contributed by atoms with van der Waals surface area (Å²) >= 11 is 0. The zero-order valence-electron chi connectivity index (χ0n) is 14.2. The lowest BCUT2D eigenvalue weighted by Gasteiger charge is -2.14. The van der Waals surface area contributed by atoms with Gasteiger partial charge in [-0.3, -0.25) is 14.3 Å². The maximum absolute atomic E-state index is 12.3. The highest BCUT2D eigenvalue weighted by Gasteiger charge is 2.18. The van der Waals surface area contributed by atoms with E-state index in [1.807, 2.05) is 6.07 Å². The molecule has 2 aromatic rings. The highest BCUT2D eigenvalue weighted by molar-refractivity contribution is 5.95. The fourth-order valence-electron chi connectivity index (χ4n) is 2.92. The molecule has 25 heavy (non-hydrogen) atoms. The maximum atomic E-state index is 12.3. The van der Waals surface area contributed by atoms with E-state index in [0.29, 0.717) is 17.8 Å². The minimum Gasteiger partial charge on any atom is -0.326 e. The van der Waals surface area contributed by atoms with Gasteiger partial charge in [0, 0.05) is 36.2 Å². The van der Waals surface area contributed by atoms with Crippen LogP contribution in [0.1, 0.15) is 32.2 Å². The number of hydrogen-bond acceptors (Lipinski definition) is 4. The molecule has 2 heterocycles. The summed E-state index contributed by atoms with van der Waals surface area (Å²) in [5.74, 6) is -0.185. The minimum absolute atomic E-state index is 0.0206.